The van der Waals surface area contributed by atoms with Gasteiger partial charge in [-0.3, -0.25) is 4.79 Å². The van der Waals surface area contributed by atoms with Gasteiger partial charge in [-0.1, -0.05) is 6.07 Å². The van der Waals surface area contributed by atoms with E-state index in [1.807, 2.05) is 30.6 Å². The third-order valence-electron chi connectivity index (χ3n) is 5.64. The van der Waals surface area contributed by atoms with Crippen molar-refractivity contribution in [2.45, 2.75) is 45.0 Å². The van der Waals surface area contributed by atoms with Crippen LogP contribution in [0, 0.1) is 0 Å². The highest BCUT2D eigenvalue weighted by atomic mass is 32.2. The summed E-state index contributed by atoms with van der Waals surface area (Å²) in [5, 5.41) is 0.921. The van der Waals surface area contributed by atoms with Gasteiger partial charge in [-0.15, -0.1) is 0 Å². The highest BCUT2D eigenvalue weighted by Crippen LogP contribution is 2.47. The molecule has 1 atom stereocenters. The Kier molecular flexibility index (Phi) is 4.24. The molecule has 0 amide bonds. The second-order valence-electron chi connectivity index (χ2n) is 9.09. The van der Waals surface area contributed by atoms with Crippen LogP contribution in [0.5, 0.6) is 0 Å². The summed E-state index contributed by atoms with van der Waals surface area (Å²) in [5.74, 6) is -0.0136. The average molecular weight is 414 g/mol. The molecule has 154 valence electrons. The number of fused-ring (bicyclic) bond motifs is 2. The first-order valence-corrected chi connectivity index (χ1v) is 11.8. The molecule has 3 heterocycles. The molecule has 0 radical (unpaired) electrons. The van der Waals surface area contributed by atoms with Gasteiger partial charge in [0.05, 0.1) is 11.8 Å². The number of sulfone groups is 1. The maximum Gasteiger partial charge on any atom is 0.274 e. The van der Waals surface area contributed by atoms with Crippen LogP contribution in [0.4, 0.5) is 5.69 Å². The number of anilines is 1. The molecular weight excluding hydrogens is 386 g/mol. The fourth-order valence-electron chi connectivity index (χ4n) is 4.62. The number of hydrogen-bond acceptors (Lipinski definition) is 4. The number of aryl methyl sites for hydroxylation is 1. The quantitative estimate of drug-likeness (QED) is 0.694. The van der Waals surface area contributed by atoms with Crippen molar-refractivity contribution in [1.29, 1.82) is 0 Å². The van der Waals surface area contributed by atoms with Crippen molar-refractivity contribution in [2.75, 3.05) is 11.2 Å². The Morgan fingerprint density at radius 2 is 1.86 bits per heavy atom. The molecule has 1 N–H and O–H groups in total. The number of nitrogens with zero attached hydrogens (tertiary/aromatic N) is 2. The standard InChI is InChI=1S/C22H27N3O3S/c1-13-16-10-23-20-19(16)17(11-24(5)21(20)26)15-9-14(12-29(6,27)28)7-8-18(15)25(13)22(2,3)4/h7-11,13,23H,12H2,1-6H3. The lowest BCUT2D eigenvalue weighted by atomic mass is 9.97. The second-order valence-corrected chi connectivity index (χ2v) is 11.2. The van der Waals surface area contributed by atoms with Gasteiger partial charge in [0, 0.05) is 59.0 Å². The number of aromatic nitrogens is 2. The van der Waals surface area contributed by atoms with Gasteiger partial charge in [0.15, 0.2) is 9.84 Å². The van der Waals surface area contributed by atoms with Crippen molar-refractivity contribution < 1.29 is 8.42 Å². The van der Waals surface area contributed by atoms with Gasteiger partial charge in [0.2, 0.25) is 0 Å². The SMILES string of the molecule is CC1c2c[nH]c3c(=O)n(C)cc(c23)-c2cc(CS(C)(=O)=O)ccc2N1C(C)(C)C. The first-order valence-electron chi connectivity index (χ1n) is 9.69. The van der Waals surface area contributed by atoms with Gasteiger partial charge in [0.1, 0.15) is 5.52 Å². The maximum atomic E-state index is 12.7. The fourth-order valence-corrected chi connectivity index (χ4v) is 5.40. The van der Waals surface area contributed by atoms with Crippen molar-refractivity contribution in [3.63, 3.8) is 0 Å². The summed E-state index contributed by atoms with van der Waals surface area (Å²) < 4.78 is 25.4. The Morgan fingerprint density at radius 1 is 1.17 bits per heavy atom. The molecule has 0 saturated heterocycles. The van der Waals surface area contributed by atoms with Crippen LogP contribution in [0.15, 0.2) is 35.4 Å². The largest absolute Gasteiger partial charge is 0.359 e. The number of nitrogens with one attached hydrogen (secondary N) is 1. The zero-order valence-electron chi connectivity index (χ0n) is 17.7. The van der Waals surface area contributed by atoms with Crippen LogP contribution in [0.1, 0.15) is 44.9 Å². The lowest BCUT2D eigenvalue weighted by Gasteiger charge is -2.42. The van der Waals surface area contributed by atoms with E-state index >= 15 is 0 Å². The van der Waals surface area contributed by atoms with Gasteiger partial charge < -0.3 is 14.5 Å². The van der Waals surface area contributed by atoms with E-state index in [0.717, 1.165) is 33.3 Å². The normalized spacial score (nSPS) is 16.8. The molecular formula is C22H27N3O3S. The highest BCUT2D eigenvalue weighted by Gasteiger charge is 2.35. The summed E-state index contributed by atoms with van der Waals surface area (Å²) in [6.07, 6.45) is 5.04. The molecule has 0 spiro atoms. The highest BCUT2D eigenvalue weighted by molar-refractivity contribution is 7.89. The third kappa shape index (κ3) is 3.17. The van der Waals surface area contributed by atoms with Crippen LogP contribution in [-0.2, 0) is 22.6 Å². The molecule has 2 aromatic heterocycles. The van der Waals surface area contributed by atoms with Crippen molar-refractivity contribution in [3.8, 4) is 11.1 Å². The smallest absolute Gasteiger partial charge is 0.274 e. The number of benzene rings is 1. The van der Waals surface area contributed by atoms with Crippen LogP contribution in [-0.4, -0.2) is 29.8 Å². The van der Waals surface area contributed by atoms with Crippen LogP contribution >= 0.6 is 0 Å². The summed E-state index contributed by atoms with van der Waals surface area (Å²) >= 11 is 0. The predicted octanol–water partition coefficient (Wildman–Crippen LogP) is 3.76. The molecule has 1 aliphatic rings. The van der Waals surface area contributed by atoms with Crippen molar-refractivity contribution in [1.82, 2.24) is 9.55 Å². The minimum Gasteiger partial charge on any atom is -0.359 e. The van der Waals surface area contributed by atoms with Crippen LogP contribution in [0.2, 0.25) is 0 Å². The molecule has 0 saturated carbocycles. The minimum absolute atomic E-state index is 0.0136. The number of hydrogen-bond donors (Lipinski definition) is 1. The molecule has 3 aromatic rings. The monoisotopic (exact) mass is 413 g/mol. The van der Waals surface area contributed by atoms with Gasteiger partial charge in [-0.25, -0.2) is 8.42 Å². The maximum absolute atomic E-state index is 12.7. The van der Waals surface area contributed by atoms with E-state index in [4.69, 9.17) is 0 Å². The Bertz CT molecular complexity index is 1290. The zero-order valence-corrected chi connectivity index (χ0v) is 18.5. The Labute approximate surface area is 171 Å². The van der Waals surface area contributed by atoms with Gasteiger partial charge in [-0.05, 0) is 45.4 Å². The Morgan fingerprint density at radius 3 is 2.48 bits per heavy atom. The molecule has 6 nitrogen and oxygen atoms in total. The van der Waals surface area contributed by atoms with E-state index in [1.165, 1.54) is 6.26 Å². The van der Waals surface area contributed by atoms with Crippen molar-refractivity contribution in [2.24, 2.45) is 7.05 Å². The van der Waals surface area contributed by atoms with E-state index in [2.05, 4.69) is 37.6 Å². The van der Waals surface area contributed by atoms with E-state index in [-0.39, 0.29) is 22.9 Å². The fraction of sp³-hybridized carbons (Fsp3) is 0.409. The summed E-state index contributed by atoms with van der Waals surface area (Å²) in [7, 11) is -1.41. The summed E-state index contributed by atoms with van der Waals surface area (Å²) in [5.41, 5.74) is 5.09. The number of H-pyrrole nitrogens is 1. The molecule has 7 heteroatoms. The topological polar surface area (TPSA) is 75.2 Å². The zero-order chi connectivity index (χ0) is 21.3. The second kappa shape index (κ2) is 6.23. The molecule has 1 aliphatic heterocycles. The molecule has 1 unspecified atom stereocenters. The molecule has 4 rings (SSSR count). The molecule has 0 aliphatic carbocycles. The number of aromatic amines is 1. The van der Waals surface area contributed by atoms with Crippen molar-refractivity contribution >= 4 is 26.4 Å². The van der Waals surface area contributed by atoms with E-state index < -0.39 is 9.84 Å². The van der Waals surface area contributed by atoms with Crippen LogP contribution in [0.3, 0.4) is 0 Å². The third-order valence-corrected chi connectivity index (χ3v) is 6.49. The summed E-state index contributed by atoms with van der Waals surface area (Å²) in [6.45, 7) is 8.64. The van der Waals surface area contributed by atoms with Gasteiger partial charge in [0.25, 0.3) is 5.56 Å². The lowest BCUT2D eigenvalue weighted by Crippen LogP contribution is -2.43. The lowest BCUT2D eigenvalue weighted by molar-refractivity contribution is 0.460. The summed E-state index contributed by atoms with van der Waals surface area (Å²) in [6, 6.07) is 5.91. The average Bonchev–Trinajstić information content (AvgIpc) is 2.98. The molecule has 1 aromatic carbocycles. The van der Waals surface area contributed by atoms with Gasteiger partial charge >= 0.3 is 0 Å². The van der Waals surface area contributed by atoms with Crippen molar-refractivity contribution in [3.05, 3.63) is 52.1 Å². The first kappa shape index (κ1) is 19.8. The minimum atomic E-state index is -3.16. The number of rotatable bonds is 2. The predicted molar refractivity (Wildman–Crippen MR) is 118 cm³/mol. The molecule has 0 bridgehead atoms. The van der Waals surface area contributed by atoms with E-state index in [0.29, 0.717) is 5.52 Å². The Balaban J connectivity index is 2.13. The molecule has 29 heavy (non-hydrogen) atoms. The molecule has 0 fully saturated rings. The first-order chi connectivity index (χ1) is 13.4. The number of pyridine rings is 1. The van der Waals surface area contributed by atoms with E-state index in [9.17, 15) is 13.2 Å². The van der Waals surface area contributed by atoms with Gasteiger partial charge in [-0.2, -0.15) is 0 Å². The summed E-state index contributed by atoms with van der Waals surface area (Å²) in [4.78, 5) is 18.3. The van der Waals surface area contributed by atoms with Crippen LogP contribution < -0.4 is 10.5 Å². The Hall–Kier alpha value is -2.54. The van der Waals surface area contributed by atoms with Crippen LogP contribution in [0.25, 0.3) is 22.0 Å². The van der Waals surface area contributed by atoms with E-state index in [1.54, 1.807) is 11.6 Å².